The van der Waals surface area contributed by atoms with Gasteiger partial charge in [-0.1, -0.05) is 391 Å². The number of amides is 1. The molecule has 0 aromatic heterocycles. The first-order valence-corrected chi connectivity index (χ1v) is 38.6. The molecule has 0 saturated carbocycles. The number of unbranched alkanes of at least 4 members (excludes halogenated alkanes) is 60. The minimum atomic E-state index is -0.841. The highest BCUT2D eigenvalue weighted by Gasteiger charge is 2.18. The summed E-state index contributed by atoms with van der Waals surface area (Å²) >= 11 is 0. The number of esters is 1. The second-order valence-electron chi connectivity index (χ2n) is 26.7. The predicted octanol–water partition coefficient (Wildman–Crippen LogP) is 25.3. The van der Waals surface area contributed by atoms with E-state index in [-0.39, 0.29) is 18.5 Å². The number of hydrogen-bond acceptors (Lipinski definition) is 5. The molecule has 0 aliphatic rings. The smallest absolute Gasteiger partial charge is 0.305 e. The van der Waals surface area contributed by atoms with Crippen LogP contribution in [0.15, 0.2) is 24.3 Å². The zero-order valence-electron chi connectivity index (χ0n) is 57.2. The van der Waals surface area contributed by atoms with E-state index in [9.17, 15) is 19.8 Å². The summed E-state index contributed by atoms with van der Waals surface area (Å²) in [6.07, 6.45) is 94.3. The van der Waals surface area contributed by atoms with Crippen molar-refractivity contribution in [2.24, 2.45) is 0 Å². The van der Waals surface area contributed by atoms with E-state index in [1.54, 1.807) is 6.08 Å². The predicted molar refractivity (Wildman–Crippen MR) is 370 cm³/mol. The maximum atomic E-state index is 12.5. The fourth-order valence-electron chi connectivity index (χ4n) is 12.3. The number of rotatable bonds is 73. The van der Waals surface area contributed by atoms with E-state index >= 15 is 0 Å². The number of allylic oxidation sites excluding steroid dienone is 3. The number of carbonyl (C=O) groups excluding carboxylic acids is 2. The maximum absolute atomic E-state index is 12.5. The maximum Gasteiger partial charge on any atom is 0.305 e. The first kappa shape index (κ1) is 82.3. The Morgan fingerprint density at radius 1 is 0.321 bits per heavy atom. The van der Waals surface area contributed by atoms with E-state index in [1.165, 1.54) is 372 Å². The summed E-state index contributed by atoms with van der Waals surface area (Å²) in [6, 6.07) is -0.625. The lowest BCUT2D eigenvalue weighted by Gasteiger charge is -2.20. The molecule has 6 heteroatoms. The summed E-state index contributed by atoms with van der Waals surface area (Å²) in [5.41, 5.74) is 0. The normalized spacial score (nSPS) is 12.6. The van der Waals surface area contributed by atoms with Crippen LogP contribution in [0.5, 0.6) is 0 Å². The lowest BCUT2D eigenvalue weighted by Crippen LogP contribution is -2.45. The van der Waals surface area contributed by atoms with Gasteiger partial charge in [0.15, 0.2) is 0 Å². The first-order valence-electron chi connectivity index (χ1n) is 38.6. The third-order valence-electron chi connectivity index (χ3n) is 18.2. The lowest BCUT2D eigenvalue weighted by molar-refractivity contribution is -0.143. The van der Waals surface area contributed by atoms with E-state index in [0.717, 1.165) is 38.5 Å². The summed E-state index contributed by atoms with van der Waals surface area (Å²) in [4.78, 5) is 24.6. The van der Waals surface area contributed by atoms with Crippen molar-refractivity contribution in [1.82, 2.24) is 5.32 Å². The van der Waals surface area contributed by atoms with Gasteiger partial charge in [0.25, 0.3) is 0 Å². The van der Waals surface area contributed by atoms with Gasteiger partial charge in [0.1, 0.15) is 0 Å². The molecule has 0 aromatic rings. The average molecular weight is 1180 g/mol. The molecule has 0 saturated heterocycles. The van der Waals surface area contributed by atoms with Crippen LogP contribution < -0.4 is 5.32 Å². The summed E-state index contributed by atoms with van der Waals surface area (Å²) in [5, 5.41) is 23.2. The molecule has 0 aliphatic carbocycles. The van der Waals surface area contributed by atoms with Crippen molar-refractivity contribution in [1.29, 1.82) is 0 Å². The van der Waals surface area contributed by atoms with E-state index in [2.05, 4.69) is 31.3 Å². The lowest BCUT2D eigenvalue weighted by atomic mass is 10.0. The number of aliphatic hydroxyl groups is 2. The van der Waals surface area contributed by atoms with Crippen LogP contribution in [0.1, 0.15) is 438 Å². The molecule has 0 bridgehead atoms. The average Bonchev–Trinajstić information content (AvgIpc) is 3.51. The van der Waals surface area contributed by atoms with Crippen LogP contribution in [0.4, 0.5) is 0 Å². The molecule has 0 rings (SSSR count). The molecule has 2 unspecified atom stereocenters. The van der Waals surface area contributed by atoms with Gasteiger partial charge in [-0.05, 0) is 57.8 Å². The molecule has 0 fully saturated rings. The Balaban J connectivity index is 3.33. The second kappa shape index (κ2) is 73.8. The summed E-state index contributed by atoms with van der Waals surface area (Å²) < 4.78 is 5.52. The van der Waals surface area contributed by atoms with E-state index in [1.807, 2.05) is 6.08 Å². The molecule has 1 amide bonds. The number of carbonyl (C=O) groups is 2. The molecular weight excluding hydrogens is 1030 g/mol. The van der Waals surface area contributed by atoms with Gasteiger partial charge in [-0.2, -0.15) is 0 Å². The largest absolute Gasteiger partial charge is 0.466 e. The van der Waals surface area contributed by atoms with Crippen molar-refractivity contribution < 1.29 is 24.5 Å². The highest BCUT2D eigenvalue weighted by atomic mass is 16.5. The van der Waals surface area contributed by atoms with Crippen molar-refractivity contribution in [2.75, 3.05) is 13.2 Å². The third-order valence-corrected chi connectivity index (χ3v) is 18.2. The molecule has 0 radical (unpaired) electrons. The highest BCUT2D eigenvalue weighted by Crippen LogP contribution is 2.20. The molecule has 498 valence electrons. The van der Waals surface area contributed by atoms with Crippen molar-refractivity contribution >= 4 is 11.9 Å². The van der Waals surface area contributed by atoms with Gasteiger partial charge in [-0.3, -0.25) is 9.59 Å². The van der Waals surface area contributed by atoms with Gasteiger partial charge < -0.3 is 20.3 Å². The standard InChI is InChI=1S/C78H151NO5/c1-3-5-7-9-11-13-15-17-19-21-35-40-44-48-52-56-60-64-68-72-78(83)84-73-69-65-61-57-53-49-45-41-37-34-32-30-28-26-24-22-23-25-27-29-31-33-36-39-43-47-51-55-59-63-67-71-77(82)79-75(74-80)76(81)70-66-62-58-54-50-46-42-38-20-18-16-14-12-10-8-6-4-2/h17,19,66,70,75-76,80-81H,3-16,18,20-65,67-69,71-74H2,1-2H3,(H,79,82)/b19-17-,70-66+. The summed E-state index contributed by atoms with van der Waals surface area (Å²) in [7, 11) is 0. The summed E-state index contributed by atoms with van der Waals surface area (Å²) in [6.45, 7) is 4.95. The minimum absolute atomic E-state index is 0.0209. The SMILES string of the molecule is CCCCCCCC/C=C\CCCCCCCCCCCC(=O)OCCCCCCCCCCCCCCCCCCCCCCCCCCCCCCCCCC(=O)NC(CO)C(O)/C=C/CCCCCCCCCCCCCCCCC. The van der Waals surface area contributed by atoms with Crippen LogP contribution >= 0.6 is 0 Å². The van der Waals surface area contributed by atoms with Crippen molar-refractivity contribution in [3.8, 4) is 0 Å². The van der Waals surface area contributed by atoms with Gasteiger partial charge in [0, 0.05) is 12.8 Å². The second-order valence-corrected chi connectivity index (χ2v) is 26.7. The van der Waals surface area contributed by atoms with Crippen LogP contribution in [-0.2, 0) is 14.3 Å². The van der Waals surface area contributed by atoms with Crippen LogP contribution in [-0.4, -0.2) is 47.4 Å². The van der Waals surface area contributed by atoms with Crippen LogP contribution in [0.25, 0.3) is 0 Å². The molecule has 0 spiro atoms. The van der Waals surface area contributed by atoms with Gasteiger partial charge in [-0.25, -0.2) is 0 Å². The highest BCUT2D eigenvalue weighted by molar-refractivity contribution is 5.76. The Kier molecular flexibility index (Phi) is 72.3. The van der Waals surface area contributed by atoms with Crippen LogP contribution in [0.3, 0.4) is 0 Å². The molecule has 3 N–H and O–H groups in total. The fourth-order valence-corrected chi connectivity index (χ4v) is 12.3. The number of ether oxygens (including phenoxy) is 1. The molecule has 0 aliphatic heterocycles. The molecule has 0 heterocycles. The van der Waals surface area contributed by atoms with Gasteiger partial charge in [0.2, 0.25) is 5.91 Å². The van der Waals surface area contributed by atoms with Gasteiger partial charge >= 0.3 is 5.97 Å². The van der Waals surface area contributed by atoms with Crippen LogP contribution in [0.2, 0.25) is 0 Å². The topological polar surface area (TPSA) is 95.9 Å². The molecule has 6 nitrogen and oxygen atoms in total. The first-order chi connectivity index (χ1) is 41.5. The van der Waals surface area contributed by atoms with Gasteiger partial charge in [-0.15, -0.1) is 0 Å². The zero-order chi connectivity index (χ0) is 60.6. The van der Waals surface area contributed by atoms with E-state index in [0.29, 0.717) is 19.4 Å². The fraction of sp³-hybridized carbons (Fsp3) is 0.923. The Hall–Kier alpha value is -1.66. The molecule has 2 atom stereocenters. The summed E-state index contributed by atoms with van der Waals surface area (Å²) in [5.74, 6) is -0.0391. The van der Waals surface area contributed by atoms with Gasteiger partial charge in [0.05, 0.1) is 25.4 Å². The zero-order valence-corrected chi connectivity index (χ0v) is 57.2. The molecule has 0 aromatic carbocycles. The Labute approximate surface area is 526 Å². The quantitative estimate of drug-likeness (QED) is 0.0320. The monoisotopic (exact) mass is 1180 g/mol. The van der Waals surface area contributed by atoms with Crippen molar-refractivity contribution in [3.63, 3.8) is 0 Å². The van der Waals surface area contributed by atoms with Crippen molar-refractivity contribution in [3.05, 3.63) is 24.3 Å². The van der Waals surface area contributed by atoms with Crippen molar-refractivity contribution in [2.45, 2.75) is 450 Å². The molecule has 84 heavy (non-hydrogen) atoms. The van der Waals surface area contributed by atoms with Crippen LogP contribution in [0, 0.1) is 0 Å². The number of aliphatic hydroxyl groups excluding tert-OH is 2. The Morgan fingerprint density at radius 3 is 0.845 bits per heavy atom. The molecular formula is C78H151NO5. The third kappa shape index (κ3) is 69.4. The minimum Gasteiger partial charge on any atom is -0.466 e. The van der Waals surface area contributed by atoms with E-state index < -0.39 is 12.1 Å². The number of nitrogens with one attached hydrogen (secondary N) is 1. The Bertz CT molecular complexity index is 1320. The number of hydrogen-bond donors (Lipinski definition) is 3. The van der Waals surface area contributed by atoms with E-state index in [4.69, 9.17) is 4.74 Å². The Morgan fingerprint density at radius 2 is 0.560 bits per heavy atom.